The average Bonchev–Trinajstić information content (AvgIpc) is 2.48. The monoisotopic (exact) mass is 278 g/mol. The van der Waals surface area contributed by atoms with Crippen molar-refractivity contribution in [1.29, 1.82) is 0 Å². The Hall–Kier alpha value is -1.32. The normalized spacial score (nSPS) is 26.7. The van der Waals surface area contributed by atoms with Gasteiger partial charge in [-0.05, 0) is 44.9 Å². The number of rotatable bonds is 5. The van der Waals surface area contributed by atoms with Crippen LogP contribution in [-0.4, -0.2) is 18.4 Å². The molecule has 0 radical (unpaired) electrons. The maximum atomic E-state index is 12.1. The number of amides is 1. The number of allylic oxidation sites excluding steroid dienone is 1. The van der Waals surface area contributed by atoms with E-state index in [4.69, 9.17) is 0 Å². The lowest BCUT2D eigenvalue weighted by Crippen LogP contribution is -2.44. The fourth-order valence-electron chi connectivity index (χ4n) is 3.34. The van der Waals surface area contributed by atoms with Gasteiger partial charge >= 0.3 is 0 Å². The van der Waals surface area contributed by atoms with Gasteiger partial charge in [0.1, 0.15) is 0 Å². The van der Waals surface area contributed by atoms with Crippen LogP contribution in [0.1, 0.15) is 57.8 Å². The quantitative estimate of drug-likeness (QED) is 0.776. The lowest BCUT2D eigenvalue weighted by Gasteiger charge is -2.31. The van der Waals surface area contributed by atoms with Crippen LogP contribution in [0.25, 0.3) is 0 Å². The third kappa shape index (κ3) is 4.09. The molecule has 2 atom stereocenters. The molecule has 0 aliphatic heterocycles. The minimum absolute atomic E-state index is 0.102. The van der Waals surface area contributed by atoms with Gasteiger partial charge in [-0.25, -0.2) is 0 Å². The summed E-state index contributed by atoms with van der Waals surface area (Å²) in [6, 6.07) is 0. The summed E-state index contributed by atoms with van der Waals surface area (Å²) in [4.78, 5) is 23.2. The van der Waals surface area contributed by atoms with E-state index in [-0.39, 0.29) is 5.91 Å². The number of carboxylic acids is 1. The molecule has 1 N–H and O–H groups in total. The van der Waals surface area contributed by atoms with Gasteiger partial charge < -0.3 is 15.2 Å². The molecule has 112 valence electrons. The summed E-state index contributed by atoms with van der Waals surface area (Å²) in [5.74, 6) is -2.16. The molecule has 1 amide bonds. The second-order valence-corrected chi connectivity index (χ2v) is 5.97. The Morgan fingerprint density at radius 2 is 1.90 bits per heavy atom. The minimum atomic E-state index is -1.07. The summed E-state index contributed by atoms with van der Waals surface area (Å²) in [5.41, 5.74) is 1.43. The predicted molar refractivity (Wildman–Crippen MR) is 74.6 cm³/mol. The molecule has 4 heteroatoms. The Balaban J connectivity index is 1.78. The van der Waals surface area contributed by atoms with Crippen molar-refractivity contribution in [3.8, 4) is 0 Å². The van der Waals surface area contributed by atoms with Gasteiger partial charge in [0.2, 0.25) is 5.91 Å². The Kier molecular flexibility index (Phi) is 5.62. The van der Waals surface area contributed by atoms with Crippen LogP contribution in [0.5, 0.6) is 0 Å². The first-order valence-corrected chi connectivity index (χ1v) is 7.85. The number of nitrogens with one attached hydrogen (secondary N) is 1. The van der Waals surface area contributed by atoms with Gasteiger partial charge in [0, 0.05) is 24.3 Å². The van der Waals surface area contributed by atoms with E-state index in [0.29, 0.717) is 19.4 Å². The van der Waals surface area contributed by atoms with Gasteiger partial charge in [0.05, 0.1) is 0 Å². The molecule has 0 unspecified atom stereocenters. The Bertz CT molecular complexity index is 389. The molecular weight excluding hydrogens is 254 g/mol. The van der Waals surface area contributed by atoms with Crippen LogP contribution >= 0.6 is 0 Å². The summed E-state index contributed by atoms with van der Waals surface area (Å²) >= 11 is 0. The average molecular weight is 278 g/mol. The Labute approximate surface area is 120 Å². The van der Waals surface area contributed by atoms with Crippen LogP contribution in [0.15, 0.2) is 11.6 Å². The number of aliphatic carboxylic acids is 1. The van der Waals surface area contributed by atoms with E-state index in [1.54, 1.807) is 0 Å². The molecular formula is C16H24NO3-. The zero-order valence-electron chi connectivity index (χ0n) is 12.0. The largest absolute Gasteiger partial charge is 0.550 e. The lowest BCUT2D eigenvalue weighted by atomic mass is 9.78. The maximum absolute atomic E-state index is 12.1. The molecule has 0 aromatic heterocycles. The van der Waals surface area contributed by atoms with Gasteiger partial charge in [-0.15, -0.1) is 0 Å². The molecule has 1 saturated carbocycles. The first kappa shape index (κ1) is 15.1. The Morgan fingerprint density at radius 3 is 2.55 bits per heavy atom. The summed E-state index contributed by atoms with van der Waals surface area (Å²) in [6.07, 6.45) is 11.1. The fraction of sp³-hybridized carbons (Fsp3) is 0.750. The van der Waals surface area contributed by atoms with E-state index in [2.05, 4.69) is 11.4 Å². The van der Waals surface area contributed by atoms with Gasteiger partial charge in [-0.1, -0.05) is 24.5 Å². The topological polar surface area (TPSA) is 69.2 Å². The van der Waals surface area contributed by atoms with Crippen LogP contribution in [0, 0.1) is 11.8 Å². The standard InChI is InChI=1S/C16H25NO3/c18-15(13-8-4-5-9-14(13)16(19)20)17-11-10-12-6-2-1-3-7-12/h6,13-14H,1-5,7-11H2,(H,17,18)(H,19,20)/p-1/t13-,14-/m1/s1. The van der Waals surface area contributed by atoms with Crippen LogP contribution < -0.4 is 10.4 Å². The molecule has 4 nitrogen and oxygen atoms in total. The highest BCUT2D eigenvalue weighted by atomic mass is 16.4. The number of carboxylic acid groups (broad SMARTS) is 1. The van der Waals surface area contributed by atoms with Gasteiger partial charge in [0.15, 0.2) is 0 Å². The SMILES string of the molecule is O=C([O-])[C@@H]1CCCC[C@H]1C(=O)NCCC1=CCCCC1. The van der Waals surface area contributed by atoms with Crippen molar-refractivity contribution in [2.24, 2.45) is 11.8 Å². The van der Waals surface area contributed by atoms with Crippen molar-refractivity contribution in [3.05, 3.63) is 11.6 Å². The molecule has 0 aromatic carbocycles. The van der Waals surface area contributed by atoms with E-state index < -0.39 is 17.8 Å². The molecule has 0 saturated heterocycles. The molecule has 1 fully saturated rings. The predicted octanol–water partition coefficient (Wildman–Crippen LogP) is 1.55. The molecule has 2 rings (SSSR count). The van der Waals surface area contributed by atoms with Crippen LogP contribution in [0.3, 0.4) is 0 Å². The molecule has 2 aliphatic rings. The second kappa shape index (κ2) is 7.46. The van der Waals surface area contributed by atoms with Crippen molar-refractivity contribution in [1.82, 2.24) is 5.32 Å². The number of carbonyl (C=O) groups excluding carboxylic acids is 2. The first-order valence-electron chi connectivity index (χ1n) is 7.85. The molecule has 0 aromatic rings. The number of hydrogen-bond donors (Lipinski definition) is 1. The van der Waals surface area contributed by atoms with E-state index in [1.807, 2.05) is 0 Å². The molecule has 0 spiro atoms. The fourth-order valence-corrected chi connectivity index (χ4v) is 3.34. The minimum Gasteiger partial charge on any atom is -0.550 e. The second-order valence-electron chi connectivity index (χ2n) is 5.97. The molecule has 0 bridgehead atoms. The highest BCUT2D eigenvalue weighted by Crippen LogP contribution is 2.30. The third-order valence-electron chi connectivity index (χ3n) is 4.54. The van der Waals surface area contributed by atoms with Gasteiger partial charge in [0.25, 0.3) is 0 Å². The first-order chi connectivity index (χ1) is 9.68. The highest BCUT2D eigenvalue weighted by molar-refractivity contribution is 5.84. The highest BCUT2D eigenvalue weighted by Gasteiger charge is 2.31. The summed E-state index contributed by atoms with van der Waals surface area (Å²) < 4.78 is 0. The van der Waals surface area contributed by atoms with E-state index >= 15 is 0 Å². The van der Waals surface area contributed by atoms with Crippen LogP contribution in [0.2, 0.25) is 0 Å². The lowest BCUT2D eigenvalue weighted by molar-refractivity contribution is -0.314. The van der Waals surface area contributed by atoms with E-state index in [1.165, 1.54) is 18.4 Å². The smallest absolute Gasteiger partial charge is 0.223 e. The Morgan fingerprint density at radius 1 is 1.15 bits per heavy atom. The number of hydrogen-bond acceptors (Lipinski definition) is 3. The van der Waals surface area contributed by atoms with Crippen molar-refractivity contribution >= 4 is 11.9 Å². The van der Waals surface area contributed by atoms with Crippen molar-refractivity contribution in [3.63, 3.8) is 0 Å². The van der Waals surface area contributed by atoms with Crippen LogP contribution in [0.4, 0.5) is 0 Å². The molecule has 2 aliphatic carbocycles. The van der Waals surface area contributed by atoms with E-state index in [0.717, 1.165) is 32.1 Å². The van der Waals surface area contributed by atoms with Crippen molar-refractivity contribution in [2.45, 2.75) is 57.8 Å². The summed E-state index contributed by atoms with van der Waals surface area (Å²) in [7, 11) is 0. The van der Waals surface area contributed by atoms with Crippen molar-refractivity contribution in [2.75, 3.05) is 6.54 Å². The van der Waals surface area contributed by atoms with Crippen LogP contribution in [-0.2, 0) is 9.59 Å². The third-order valence-corrected chi connectivity index (χ3v) is 4.54. The summed E-state index contributed by atoms with van der Waals surface area (Å²) in [6.45, 7) is 0.626. The number of carbonyl (C=O) groups is 2. The van der Waals surface area contributed by atoms with Gasteiger partial charge in [-0.2, -0.15) is 0 Å². The summed E-state index contributed by atoms with van der Waals surface area (Å²) in [5, 5.41) is 14.0. The van der Waals surface area contributed by atoms with Gasteiger partial charge in [-0.3, -0.25) is 4.79 Å². The van der Waals surface area contributed by atoms with Crippen molar-refractivity contribution < 1.29 is 14.7 Å². The molecule has 0 heterocycles. The zero-order chi connectivity index (χ0) is 14.4. The van der Waals surface area contributed by atoms with E-state index in [9.17, 15) is 14.7 Å². The zero-order valence-corrected chi connectivity index (χ0v) is 12.0. The maximum Gasteiger partial charge on any atom is 0.223 e. The molecule has 20 heavy (non-hydrogen) atoms.